The maximum Gasteiger partial charge on any atom is 0.312 e. The zero-order chi connectivity index (χ0) is 26.9. The van der Waals surface area contributed by atoms with E-state index in [2.05, 4.69) is 4.98 Å². The van der Waals surface area contributed by atoms with Crippen molar-refractivity contribution >= 4 is 27.8 Å². The number of esters is 1. The number of aromatic amines is 1. The highest BCUT2D eigenvalue weighted by atomic mass is 16.5. The van der Waals surface area contributed by atoms with E-state index in [1.165, 1.54) is 6.07 Å². The number of H-pyrrole nitrogens is 1. The van der Waals surface area contributed by atoms with Gasteiger partial charge in [0, 0.05) is 28.7 Å². The molecule has 10 heteroatoms. The van der Waals surface area contributed by atoms with Gasteiger partial charge in [-0.15, -0.1) is 0 Å². The van der Waals surface area contributed by atoms with Crippen LogP contribution < -0.4 is 15.7 Å². The average molecular weight is 513 g/mol. The van der Waals surface area contributed by atoms with E-state index >= 15 is 0 Å². The highest BCUT2D eigenvalue weighted by molar-refractivity contribution is 5.94. The summed E-state index contributed by atoms with van der Waals surface area (Å²) in [6.45, 7) is 1.85. The molecule has 5 N–H and O–H groups in total. The summed E-state index contributed by atoms with van der Waals surface area (Å²) in [6, 6.07) is 11.8. The lowest BCUT2D eigenvalue weighted by Gasteiger charge is -2.26. The van der Waals surface area contributed by atoms with Gasteiger partial charge in [-0.1, -0.05) is 18.2 Å². The summed E-state index contributed by atoms with van der Waals surface area (Å²) in [4.78, 5) is 41.9. The van der Waals surface area contributed by atoms with E-state index in [0.717, 1.165) is 29.1 Å². The summed E-state index contributed by atoms with van der Waals surface area (Å²) in [6.07, 6.45) is -0.257. The number of pyridine rings is 1. The summed E-state index contributed by atoms with van der Waals surface area (Å²) in [7, 11) is 0. The number of benzene rings is 3. The predicted molar refractivity (Wildman–Crippen MR) is 136 cm³/mol. The lowest BCUT2D eigenvalue weighted by atomic mass is 9.85. The summed E-state index contributed by atoms with van der Waals surface area (Å²) in [5.41, 5.74) is 0.290. The van der Waals surface area contributed by atoms with Crippen LogP contribution in [0.5, 0.6) is 28.7 Å². The normalized spacial score (nSPS) is 15.0. The Balaban J connectivity index is 1.69. The van der Waals surface area contributed by atoms with Crippen molar-refractivity contribution in [1.29, 1.82) is 0 Å². The maximum atomic E-state index is 13.2. The molecule has 6 rings (SSSR count). The molecule has 5 aromatic rings. The number of phenols is 3. The molecule has 1 aliphatic heterocycles. The Kier molecular flexibility index (Phi) is 4.96. The van der Waals surface area contributed by atoms with Crippen molar-refractivity contribution in [1.82, 2.24) is 4.98 Å². The second-order valence-electron chi connectivity index (χ2n) is 9.15. The summed E-state index contributed by atoms with van der Waals surface area (Å²) >= 11 is 0. The number of para-hydroxylation sites is 1. The monoisotopic (exact) mass is 513 g/mol. The molecule has 1 unspecified atom stereocenters. The van der Waals surface area contributed by atoms with Crippen LogP contribution in [0.3, 0.4) is 0 Å². The van der Waals surface area contributed by atoms with Gasteiger partial charge < -0.3 is 34.6 Å². The lowest BCUT2D eigenvalue weighted by Crippen LogP contribution is -2.26. The molecular weight excluding hydrogens is 494 g/mol. The van der Waals surface area contributed by atoms with Crippen molar-refractivity contribution in [2.75, 3.05) is 0 Å². The van der Waals surface area contributed by atoms with Gasteiger partial charge in [0.25, 0.3) is 5.56 Å². The molecule has 0 fully saturated rings. The molecule has 38 heavy (non-hydrogen) atoms. The van der Waals surface area contributed by atoms with Crippen LogP contribution in [-0.2, 0) is 4.79 Å². The van der Waals surface area contributed by atoms with Gasteiger partial charge in [0.15, 0.2) is 17.3 Å². The van der Waals surface area contributed by atoms with Crippen LogP contribution >= 0.6 is 0 Å². The standard InChI is InChI=1S/C28H19NO9/c1-11-3-2-4-12-7-15(28(36)29-23(11)12)14-9-20(33)37-19-10-18(32)22-24(34)25(35)26(38-27(22)21(14)19)13-5-6-16(30)17(31)8-13/h2-8,10,14,30-32,35H,9H2,1H3,(H,29,36). The SMILES string of the molecule is Cc1cccc2cc(C3CC(=O)Oc4cc(O)c5c(=O)c(O)c(-c6ccc(O)c(O)c6)oc5c43)c(=O)[nH]c12. The fourth-order valence-electron chi connectivity index (χ4n) is 4.97. The third kappa shape index (κ3) is 3.38. The van der Waals surface area contributed by atoms with Crippen LogP contribution in [0.25, 0.3) is 33.2 Å². The first-order chi connectivity index (χ1) is 18.1. The first-order valence-corrected chi connectivity index (χ1v) is 11.5. The van der Waals surface area contributed by atoms with Crippen molar-refractivity contribution in [3.63, 3.8) is 0 Å². The minimum Gasteiger partial charge on any atom is -0.507 e. The van der Waals surface area contributed by atoms with E-state index < -0.39 is 45.9 Å². The zero-order valence-electron chi connectivity index (χ0n) is 19.7. The first-order valence-electron chi connectivity index (χ1n) is 11.5. The number of nitrogens with one attached hydrogen (secondary N) is 1. The number of ether oxygens (including phenoxy) is 1. The molecular formula is C28H19NO9. The van der Waals surface area contributed by atoms with Crippen LogP contribution in [0, 0.1) is 6.92 Å². The number of hydrogen-bond donors (Lipinski definition) is 5. The Labute approximate surface area is 212 Å². The molecule has 0 radical (unpaired) electrons. The van der Waals surface area contributed by atoms with Gasteiger partial charge in [-0.05, 0) is 42.1 Å². The van der Waals surface area contributed by atoms with Crippen LogP contribution in [0.15, 0.2) is 62.5 Å². The summed E-state index contributed by atoms with van der Waals surface area (Å²) < 4.78 is 11.3. The molecule has 0 aliphatic carbocycles. The molecule has 2 aromatic heterocycles. The highest BCUT2D eigenvalue weighted by Gasteiger charge is 2.36. The van der Waals surface area contributed by atoms with E-state index in [0.29, 0.717) is 5.52 Å². The molecule has 10 nitrogen and oxygen atoms in total. The summed E-state index contributed by atoms with van der Waals surface area (Å²) in [5.74, 6) is -4.43. The minimum atomic E-state index is -0.979. The van der Waals surface area contributed by atoms with Crippen molar-refractivity contribution < 1.29 is 34.4 Å². The van der Waals surface area contributed by atoms with E-state index in [-0.39, 0.29) is 45.6 Å². The molecule has 0 saturated heterocycles. The molecule has 1 atom stereocenters. The second kappa shape index (κ2) is 8.13. The zero-order valence-corrected chi connectivity index (χ0v) is 19.7. The predicted octanol–water partition coefficient (Wildman–Crippen LogP) is 3.87. The van der Waals surface area contributed by atoms with Crippen molar-refractivity contribution in [2.24, 2.45) is 0 Å². The molecule has 0 spiro atoms. The topological polar surface area (TPSA) is 170 Å². The van der Waals surface area contributed by atoms with Crippen molar-refractivity contribution in [2.45, 2.75) is 19.3 Å². The highest BCUT2D eigenvalue weighted by Crippen LogP contribution is 2.47. The van der Waals surface area contributed by atoms with Gasteiger partial charge in [0.1, 0.15) is 22.5 Å². The van der Waals surface area contributed by atoms with E-state index in [1.54, 1.807) is 6.07 Å². The Morgan fingerprint density at radius 3 is 2.47 bits per heavy atom. The largest absolute Gasteiger partial charge is 0.507 e. The fourth-order valence-corrected chi connectivity index (χ4v) is 4.97. The van der Waals surface area contributed by atoms with E-state index in [9.17, 15) is 34.8 Å². The van der Waals surface area contributed by atoms with Crippen LogP contribution in [-0.4, -0.2) is 31.4 Å². The molecule has 1 aliphatic rings. The second-order valence-corrected chi connectivity index (χ2v) is 9.15. The Morgan fingerprint density at radius 2 is 1.71 bits per heavy atom. The van der Waals surface area contributed by atoms with Gasteiger partial charge in [0.05, 0.1) is 11.9 Å². The number of aromatic hydroxyl groups is 4. The lowest BCUT2D eigenvalue weighted by molar-refractivity contribution is -0.135. The van der Waals surface area contributed by atoms with Gasteiger partial charge in [-0.25, -0.2) is 0 Å². The molecule has 0 saturated carbocycles. The van der Waals surface area contributed by atoms with Gasteiger partial charge in [-0.3, -0.25) is 14.4 Å². The fraction of sp³-hybridized carbons (Fsp3) is 0.107. The minimum absolute atomic E-state index is 0.0530. The maximum absolute atomic E-state index is 13.2. The van der Waals surface area contributed by atoms with E-state index in [4.69, 9.17) is 9.15 Å². The molecule has 0 bridgehead atoms. The smallest absolute Gasteiger partial charge is 0.312 e. The number of aryl methyl sites for hydroxylation is 1. The third-order valence-corrected chi connectivity index (χ3v) is 6.80. The van der Waals surface area contributed by atoms with Crippen LogP contribution in [0.1, 0.15) is 29.0 Å². The average Bonchev–Trinajstić information content (AvgIpc) is 2.87. The van der Waals surface area contributed by atoms with Crippen LogP contribution in [0.4, 0.5) is 0 Å². The number of phenolic OH excluding ortho intramolecular Hbond substituents is 3. The van der Waals surface area contributed by atoms with Gasteiger partial charge >= 0.3 is 5.97 Å². The van der Waals surface area contributed by atoms with E-state index in [1.807, 2.05) is 25.1 Å². The summed E-state index contributed by atoms with van der Waals surface area (Å²) in [5, 5.41) is 41.2. The van der Waals surface area contributed by atoms with Gasteiger partial charge in [0.2, 0.25) is 11.2 Å². The Hall–Kier alpha value is -5.25. The Bertz CT molecular complexity index is 1950. The first kappa shape index (κ1) is 23.2. The molecule has 0 amide bonds. The number of carbonyl (C=O) groups is 1. The quantitative estimate of drug-likeness (QED) is 0.134. The third-order valence-electron chi connectivity index (χ3n) is 6.80. The molecule has 190 valence electrons. The van der Waals surface area contributed by atoms with Crippen molar-refractivity contribution in [3.8, 4) is 40.1 Å². The Morgan fingerprint density at radius 1 is 0.921 bits per heavy atom. The number of aromatic nitrogens is 1. The number of carbonyl (C=O) groups excluding carboxylic acids is 1. The van der Waals surface area contributed by atoms with Crippen LogP contribution in [0.2, 0.25) is 0 Å². The number of hydrogen-bond acceptors (Lipinski definition) is 9. The number of fused-ring (bicyclic) bond motifs is 4. The number of rotatable bonds is 2. The van der Waals surface area contributed by atoms with Gasteiger partial charge in [-0.2, -0.15) is 0 Å². The molecule has 3 aromatic carbocycles. The van der Waals surface area contributed by atoms with Crippen molar-refractivity contribution in [3.05, 3.63) is 85.8 Å². The molecule has 3 heterocycles.